The molecule has 0 spiro atoms. The lowest BCUT2D eigenvalue weighted by atomic mass is 9.90. The van der Waals surface area contributed by atoms with Crippen LogP contribution < -0.4 is 10.6 Å². The molecule has 0 aliphatic carbocycles. The standard InChI is InChI=1S/C42H34N2O2/c1-29-27-34(21-23-38(29)43-40(45)25-19-31-11-5-3-6-12-31)36-17-9-15-33-16-10-18-37(42(33)36)35-22-24-39(30(2)28-35)44-41(46)26-20-32-13-7-4-8-14-32/h3-28H,1-2H3,(H,43,45)(H,44,46)/b25-19+,26-20+. The minimum atomic E-state index is -0.172. The van der Waals surface area contributed by atoms with E-state index in [4.69, 9.17) is 0 Å². The Bertz CT molecular complexity index is 1950. The van der Waals surface area contributed by atoms with Gasteiger partial charge in [0, 0.05) is 23.5 Å². The maximum absolute atomic E-state index is 12.6. The highest BCUT2D eigenvalue weighted by atomic mass is 16.2. The zero-order valence-corrected chi connectivity index (χ0v) is 25.8. The van der Waals surface area contributed by atoms with Crippen molar-refractivity contribution in [1.82, 2.24) is 0 Å². The molecule has 4 nitrogen and oxygen atoms in total. The van der Waals surface area contributed by atoms with Gasteiger partial charge < -0.3 is 10.6 Å². The molecule has 0 radical (unpaired) electrons. The Labute approximate surface area is 269 Å². The van der Waals surface area contributed by atoms with Crippen LogP contribution in [0.2, 0.25) is 0 Å². The van der Waals surface area contributed by atoms with Gasteiger partial charge in [-0.1, -0.05) is 109 Å². The van der Waals surface area contributed by atoms with Crippen molar-refractivity contribution in [2.24, 2.45) is 0 Å². The second-order valence-electron chi connectivity index (χ2n) is 11.2. The number of benzene rings is 6. The zero-order chi connectivity index (χ0) is 31.9. The Kier molecular flexibility index (Phi) is 8.98. The van der Waals surface area contributed by atoms with Crippen LogP contribution in [-0.4, -0.2) is 11.8 Å². The highest BCUT2D eigenvalue weighted by molar-refractivity contribution is 6.08. The van der Waals surface area contributed by atoms with Crippen molar-refractivity contribution in [3.05, 3.63) is 168 Å². The Balaban J connectivity index is 1.25. The smallest absolute Gasteiger partial charge is 0.248 e. The third-order valence-corrected chi connectivity index (χ3v) is 7.95. The van der Waals surface area contributed by atoms with Gasteiger partial charge >= 0.3 is 0 Å². The molecule has 46 heavy (non-hydrogen) atoms. The van der Waals surface area contributed by atoms with E-state index < -0.39 is 0 Å². The fourth-order valence-electron chi connectivity index (χ4n) is 5.59. The summed E-state index contributed by atoms with van der Waals surface area (Å²) in [5.41, 5.74) is 9.81. The van der Waals surface area contributed by atoms with Crippen LogP contribution >= 0.6 is 0 Å². The minimum absolute atomic E-state index is 0.172. The number of aryl methyl sites for hydroxylation is 2. The normalized spacial score (nSPS) is 11.3. The van der Waals surface area contributed by atoms with E-state index in [1.807, 2.05) is 98.8 Å². The lowest BCUT2D eigenvalue weighted by molar-refractivity contribution is -0.112. The fourth-order valence-corrected chi connectivity index (χ4v) is 5.59. The van der Waals surface area contributed by atoms with Crippen LogP contribution in [0.1, 0.15) is 22.3 Å². The van der Waals surface area contributed by atoms with Gasteiger partial charge in [-0.15, -0.1) is 0 Å². The Hall–Kier alpha value is -6.00. The average molecular weight is 599 g/mol. The number of fused-ring (bicyclic) bond motifs is 1. The van der Waals surface area contributed by atoms with E-state index in [0.717, 1.165) is 66.7 Å². The molecule has 0 saturated heterocycles. The maximum atomic E-state index is 12.6. The van der Waals surface area contributed by atoms with Crippen molar-refractivity contribution < 1.29 is 9.59 Å². The molecule has 4 heteroatoms. The van der Waals surface area contributed by atoms with E-state index in [1.54, 1.807) is 12.2 Å². The highest BCUT2D eigenvalue weighted by Gasteiger charge is 2.13. The van der Waals surface area contributed by atoms with Gasteiger partial charge in [-0.3, -0.25) is 9.59 Å². The number of anilines is 2. The third kappa shape index (κ3) is 7.03. The molecule has 0 aliphatic rings. The van der Waals surface area contributed by atoms with Gasteiger partial charge in [0.05, 0.1) is 0 Å². The number of amides is 2. The highest BCUT2D eigenvalue weighted by Crippen LogP contribution is 2.38. The van der Waals surface area contributed by atoms with Gasteiger partial charge in [0.15, 0.2) is 0 Å². The first-order valence-electron chi connectivity index (χ1n) is 15.3. The maximum Gasteiger partial charge on any atom is 0.248 e. The molecule has 224 valence electrons. The van der Waals surface area contributed by atoms with Crippen molar-refractivity contribution in [3.63, 3.8) is 0 Å². The van der Waals surface area contributed by atoms with Crippen LogP contribution in [0, 0.1) is 13.8 Å². The van der Waals surface area contributed by atoms with Crippen LogP contribution in [0.25, 0.3) is 45.2 Å². The fraction of sp³-hybridized carbons (Fsp3) is 0.0476. The van der Waals surface area contributed by atoms with Crippen molar-refractivity contribution in [2.75, 3.05) is 10.6 Å². The molecule has 0 fully saturated rings. The molecule has 0 saturated carbocycles. The van der Waals surface area contributed by atoms with E-state index in [-0.39, 0.29) is 11.8 Å². The monoisotopic (exact) mass is 598 g/mol. The summed E-state index contributed by atoms with van der Waals surface area (Å²) in [6.07, 6.45) is 6.73. The van der Waals surface area contributed by atoms with E-state index in [2.05, 4.69) is 71.3 Å². The summed E-state index contributed by atoms with van der Waals surface area (Å²) in [7, 11) is 0. The number of carbonyl (C=O) groups is 2. The summed E-state index contributed by atoms with van der Waals surface area (Å²) in [5, 5.41) is 8.31. The molecule has 2 N–H and O–H groups in total. The summed E-state index contributed by atoms with van der Waals surface area (Å²) in [5.74, 6) is -0.344. The Morgan fingerprint density at radius 2 is 0.935 bits per heavy atom. The summed E-state index contributed by atoms with van der Waals surface area (Å²) in [4.78, 5) is 25.3. The number of carbonyl (C=O) groups excluding carboxylic acids is 2. The van der Waals surface area contributed by atoms with E-state index in [9.17, 15) is 9.59 Å². The van der Waals surface area contributed by atoms with Gasteiger partial charge in [0.2, 0.25) is 11.8 Å². The van der Waals surface area contributed by atoms with Gasteiger partial charge in [-0.25, -0.2) is 0 Å². The molecule has 6 aromatic carbocycles. The molecule has 0 unspecified atom stereocenters. The number of rotatable bonds is 8. The van der Waals surface area contributed by atoms with Gasteiger partial charge in [0.25, 0.3) is 0 Å². The Morgan fingerprint density at radius 3 is 1.35 bits per heavy atom. The second-order valence-corrected chi connectivity index (χ2v) is 11.2. The second kappa shape index (κ2) is 13.7. The lowest BCUT2D eigenvalue weighted by Gasteiger charge is -2.15. The van der Waals surface area contributed by atoms with Crippen molar-refractivity contribution in [1.29, 1.82) is 0 Å². The largest absolute Gasteiger partial charge is 0.322 e. The zero-order valence-electron chi connectivity index (χ0n) is 25.8. The molecule has 0 heterocycles. The Morgan fingerprint density at radius 1 is 0.500 bits per heavy atom. The predicted molar refractivity (Wildman–Crippen MR) is 193 cm³/mol. The number of hydrogen-bond acceptors (Lipinski definition) is 2. The molecule has 2 amide bonds. The molecule has 0 aliphatic heterocycles. The van der Waals surface area contributed by atoms with E-state index >= 15 is 0 Å². The van der Waals surface area contributed by atoms with Crippen LogP contribution in [-0.2, 0) is 9.59 Å². The van der Waals surface area contributed by atoms with Gasteiger partial charge in [-0.05, 0) is 106 Å². The first-order valence-corrected chi connectivity index (χ1v) is 15.3. The molecule has 6 aromatic rings. The van der Waals surface area contributed by atoms with Crippen LogP contribution in [0.15, 0.2) is 146 Å². The topological polar surface area (TPSA) is 58.2 Å². The van der Waals surface area contributed by atoms with Crippen LogP contribution in [0.4, 0.5) is 11.4 Å². The van der Waals surface area contributed by atoms with Gasteiger partial charge in [0.1, 0.15) is 0 Å². The molecular weight excluding hydrogens is 564 g/mol. The molecule has 0 bridgehead atoms. The molecule has 0 aromatic heterocycles. The summed E-state index contributed by atoms with van der Waals surface area (Å²) < 4.78 is 0. The van der Waals surface area contributed by atoms with Crippen LogP contribution in [0.5, 0.6) is 0 Å². The minimum Gasteiger partial charge on any atom is -0.322 e. The molecule has 6 rings (SSSR count). The summed E-state index contributed by atoms with van der Waals surface area (Å²) >= 11 is 0. The summed E-state index contributed by atoms with van der Waals surface area (Å²) in [6.45, 7) is 4.02. The number of nitrogens with one attached hydrogen (secondary N) is 2. The van der Waals surface area contributed by atoms with E-state index in [1.165, 1.54) is 0 Å². The third-order valence-electron chi connectivity index (χ3n) is 7.95. The predicted octanol–water partition coefficient (Wildman–Crippen LogP) is 10.1. The van der Waals surface area contributed by atoms with Crippen molar-refractivity contribution in [2.45, 2.75) is 13.8 Å². The van der Waals surface area contributed by atoms with E-state index in [0.29, 0.717) is 0 Å². The van der Waals surface area contributed by atoms with Crippen molar-refractivity contribution >= 4 is 46.1 Å². The molecular formula is C42H34N2O2. The number of hydrogen-bond donors (Lipinski definition) is 2. The first-order chi connectivity index (χ1) is 22.4. The SMILES string of the molecule is Cc1cc(-c2cccc3cccc(-c4ccc(NC(=O)/C=C/c5ccccc5)c(C)c4)c23)ccc1NC(=O)/C=C/c1ccccc1. The van der Waals surface area contributed by atoms with Gasteiger partial charge in [-0.2, -0.15) is 0 Å². The van der Waals surface area contributed by atoms with Crippen LogP contribution in [0.3, 0.4) is 0 Å². The quantitative estimate of drug-likeness (QED) is 0.171. The first kappa shape index (κ1) is 30.0. The summed E-state index contributed by atoms with van der Waals surface area (Å²) in [6, 6.07) is 44.5. The van der Waals surface area contributed by atoms with Crippen molar-refractivity contribution in [3.8, 4) is 22.3 Å². The lowest BCUT2D eigenvalue weighted by Crippen LogP contribution is -2.09. The average Bonchev–Trinajstić information content (AvgIpc) is 3.08. The molecule has 0 atom stereocenters.